The summed E-state index contributed by atoms with van der Waals surface area (Å²) in [5.41, 5.74) is -4.00. The molecule has 1 aliphatic heterocycles. The number of alkyl halides is 12. The van der Waals surface area contributed by atoms with Gasteiger partial charge in [0.2, 0.25) is 0 Å². The lowest BCUT2D eigenvalue weighted by Crippen LogP contribution is -2.21. The van der Waals surface area contributed by atoms with E-state index in [9.17, 15) is 74.3 Å². The Hall–Kier alpha value is -0.650. The summed E-state index contributed by atoms with van der Waals surface area (Å²) in [6.07, 6.45) is -23.5. The first-order valence-electron chi connectivity index (χ1n) is 7.70. The minimum atomic E-state index is -7.43. The van der Waals surface area contributed by atoms with Gasteiger partial charge in [-0.1, -0.05) is 0 Å². The lowest BCUT2D eigenvalue weighted by atomic mass is 10.7. The zero-order valence-corrected chi connectivity index (χ0v) is 19.5. The highest BCUT2D eigenvalue weighted by atomic mass is 31.3. The third kappa shape index (κ3) is 11.0. The van der Waals surface area contributed by atoms with Crippen molar-refractivity contribution in [3.63, 3.8) is 0 Å². The molecule has 0 N–H and O–H groups in total. The maximum absolute atomic E-state index is 14.9. The van der Waals surface area contributed by atoms with Crippen molar-refractivity contribution in [2.45, 2.75) is 24.7 Å². The van der Waals surface area contributed by atoms with E-state index in [4.69, 9.17) is 0 Å². The molecule has 0 saturated heterocycles. The highest BCUT2D eigenvalue weighted by Gasteiger charge is 2.55. The normalized spacial score (nSPS) is 32.3. The van der Waals surface area contributed by atoms with Crippen LogP contribution in [-0.4, -0.2) is 50.1 Å². The third-order valence-corrected chi connectivity index (χ3v) is 11.9. The van der Waals surface area contributed by atoms with E-state index in [0.29, 0.717) is 0 Å². The van der Waals surface area contributed by atoms with Gasteiger partial charge in [-0.3, -0.25) is 18.4 Å². The van der Waals surface area contributed by atoms with E-state index in [1.165, 1.54) is 0 Å². The van der Waals surface area contributed by atoms with Gasteiger partial charge in [-0.05, 0) is 0 Å². The first-order chi connectivity index (χ1) is 15.6. The largest absolute Gasteiger partial charge is 0.460 e. The molecule has 28 heteroatoms. The van der Waals surface area contributed by atoms with Crippen LogP contribution >= 0.6 is 30.7 Å². The fourth-order valence-electron chi connectivity index (χ4n) is 1.50. The van der Waals surface area contributed by atoms with Crippen LogP contribution in [0.5, 0.6) is 0 Å². The predicted molar refractivity (Wildman–Crippen MR) is 88.9 cm³/mol. The number of rotatable bonds is 7. The van der Waals surface area contributed by atoms with Gasteiger partial charge in [0.25, 0.3) is 0 Å². The van der Waals surface area contributed by atoms with Crippen LogP contribution in [0.1, 0.15) is 0 Å². The molecule has 1 heterocycles. The van der Waals surface area contributed by atoms with Crippen LogP contribution in [0.4, 0.5) is 69.5 Å². The Morgan fingerprint density at radius 3 is 1.08 bits per heavy atom. The fourth-order valence-corrected chi connectivity index (χ4v) is 11.0. The standard InChI is InChI=1S/C8H6F16N4O4P4/c9-5(10,11)1-30-34(22)25-33(21,4(29)8(18,19)20)26-35(23,31-2-6(12,13)14)28-36(24,27-34)32-3-7(15,16)17/h1-3H2. The number of carbonyl (C=O) groups excluding carboxylic acids is 1. The van der Waals surface area contributed by atoms with Crippen LogP contribution in [0.2, 0.25) is 0 Å². The van der Waals surface area contributed by atoms with Crippen molar-refractivity contribution in [3.05, 3.63) is 0 Å². The SMILES string of the molecule is O=C(C(F)(F)F)P1(F)=NP(F)(OCC(F)(F)F)=NP(F)(OCC(F)(F)F)=NP(F)(OCC(F)(F)F)=N1. The Kier molecular flexibility index (Phi) is 9.73. The predicted octanol–water partition coefficient (Wildman–Crippen LogP) is 9.57. The van der Waals surface area contributed by atoms with Gasteiger partial charge in [0.1, 0.15) is 0 Å². The number of carbonyl (C=O) groups is 1. The van der Waals surface area contributed by atoms with E-state index in [-0.39, 0.29) is 0 Å². The Morgan fingerprint density at radius 1 is 0.528 bits per heavy atom. The Labute approximate surface area is 187 Å². The summed E-state index contributed by atoms with van der Waals surface area (Å²) < 4.78 is 225. The Balaban J connectivity index is 4.04. The average Bonchev–Trinajstić information content (AvgIpc) is 2.59. The van der Waals surface area contributed by atoms with Gasteiger partial charge >= 0.3 is 61.0 Å². The van der Waals surface area contributed by atoms with Crippen molar-refractivity contribution < 1.29 is 87.8 Å². The summed E-state index contributed by atoms with van der Waals surface area (Å²) in [5.74, 6) is 0. The summed E-state index contributed by atoms with van der Waals surface area (Å²) in [6.45, 7) is -8.94. The smallest absolute Gasteiger partial charge is 0.294 e. The first-order valence-corrected chi connectivity index (χ1v) is 13.8. The topological polar surface area (TPSA) is 94.2 Å². The summed E-state index contributed by atoms with van der Waals surface area (Å²) in [4.78, 5) is 11.4. The first kappa shape index (κ1) is 33.4. The quantitative estimate of drug-likeness (QED) is 0.203. The second-order valence-electron chi connectivity index (χ2n) is 5.77. The van der Waals surface area contributed by atoms with Gasteiger partial charge in [0.15, 0.2) is 19.8 Å². The van der Waals surface area contributed by atoms with Crippen LogP contribution in [0.15, 0.2) is 18.1 Å². The van der Waals surface area contributed by atoms with Crippen molar-refractivity contribution >= 4 is 36.3 Å². The minimum absolute atomic E-state index is 1.61. The molecule has 214 valence electrons. The van der Waals surface area contributed by atoms with Gasteiger partial charge in [-0.15, -0.1) is 9.03 Å². The Bertz CT molecular complexity index is 1060. The molecule has 0 bridgehead atoms. The molecule has 0 radical (unpaired) electrons. The van der Waals surface area contributed by atoms with Gasteiger partial charge in [-0.25, -0.2) is 0 Å². The van der Waals surface area contributed by atoms with Crippen LogP contribution in [0, 0.1) is 0 Å². The van der Waals surface area contributed by atoms with Gasteiger partial charge in [0, 0.05) is 0 Å². The zero-order chi connectivity index (χ0) is 28.6. The molecule has 1 rings (SSSR count). The minimum Gasteiger partial charge on any atom is -0.294 e. The van der Waals surface area contributed by atoms with Crippen molar-refractivity contribution in [1.82, 2.24) is 0 Å². The molecule has 0 aromatic heterocycles. The molecule has 0 spiro atoms. The monoisotopic (exact) mass is 650 g/mol. The summed E-state index contributed by atoms with van der Waals surface area (Å²) >= 11 is 0. The van der Waals surface area contributed by atoms with Gasteiger partial charge in [0.05, 0.1) is 0 Å². The Morgan fingerprint density at radius 2 is 0.806 bits per heavy atom. The van der Waals surface area contributed by atoms with Crippen LogP contribution in [-0.2, 0) is 18.4 Å². The lowest BCUT2D eigenvalue weighted by Gasteiger charge is -2.24. The number of halogens is 16. The van der Waals surface area contributed by atoms with E-state index in [0.717, 1.165) is 0 Å². The molecule has 36 heavy (non-hydrogen) atoms. The molecular weight excluding hydrogens is 644 g/mol. The van der Waals surface area contributed by atoms with E-state index in [1.54, 1.807) is 18.1 Å². The van der Waals surface area contributed by atoms with Gasteiger partial charge in [-0.2, -0.15) is 78.5 Å². The average molecular weight is 650 g/mol. The number of hydrogen-bond acceptors (Lipinski definition) is 8. The number of nitrogens with zero attached hydrogens (tertiary/aromatic N) is 4. The van der Waals surface area contributed by atoms with Crippen LogP contribution in [0.3, 0.4) is 0 Å². The van der Waals surface area contributed by atoms with E-state index >= 15 is 0 Å². The fraction of sp³-hybridized carbons (Fsp3) is 0.875. The van der Waals surface area contributed by atoms with Crippen LogP contribution in [0.25, 0.3) is 0 Å². The molecular formula is C8H6F16N4O4P4. The molecule has 4 unspecified atom stereocenters. The highest BCUT2D eigenvalue weighted by Crippen LogP contribution is 2.82. The van der Waals surface area contributed by atoms with Crippen molar-refractivity contribution in [2.75, 3.05) is 19.8 Å². The van der Waals surface area contributed by atoms with Crippen LogP contribution < -0.4 is 0 Å². The van der Waals surface area contributed by atoms with Crippen molar-refractivity contribution in [2.24, 2.45) is 18.1 Å². The van der Waals surface area contributed by atoms with Crippen molar-refractivity contribution in [1.29, 1.82) is 0 Å². The highest BCUT2D eigenvalue weighted by molar-refractivity contribution is 7.87. The lowest BCUT2D eigenvalue weighted by molar-refractivity contribution is -0.161. The van der Waals surface area contributed by atoms with E-state index in [2.05, 4.69) is 13.6 Å². The van der Waals surface area contributed by atoms with Crippen molar-refractivity contribution in [3.8, 4) is 0 Å². The molecule has 0 saturated carbocycles. The molecule has 0 amide bonds. The second-order valence-corrected chi connectivity index (χ2v) is 13.7. The number of hydrogen-bond donors (Lipinski definition) is 0. The van der Waals surface area contributed by atoms with Gasteiger partial charge < -0.3 is 0 Å². The molecule has 4 atom stereocenters. The van der Waals surface area contributed by atoms with E-state index < -0.39 is 80.8 Å². The second kappa shape index (κ2) is 10.5. The summed E-state index contributed by atoms with van der Waals surface area (Å²) in [5, 5.41) is 0. The molecule has 0 aliphatic carbocycles. The third-order valence-electron chi connectivity index (χ3n) is 2.58. The molecule has 1 aliphatic rings. The van der Waals surface area contributed by atoms with E-state index in [1.807, 2.05) is 0 Å². The molecule has 0 aromatic carbocycles. The maximum atomic E-state index is 14.9. The molecule has 0 aromatic rings. The summed E-state index contributed by atoms with van der Waals surface area (Å²) in [7, 11) is -28.4. The summed E-state index contributed by atoms with van der Waals surface area (Å²) in [6, 6.07) is 0. The maximum Gasteiger partial charge on any atom is 0.460 e. The molecule has 0 fully saturated rings. The zero-order valence-electron chi connectivity index (χ0n) is 15.9. The molecule has 8 nitrogen and oxygen atoms in total.